The Balaban J connectivity index is 2.52. The molecule has 5 heteroatoms. The topological polar surface area (TPSA) is 53.2 Å². The fourth-order valence-corrected chi connectivity index (χ4v) is 2.13. The van der Waals surface area contributed by atoms with Crippen molar-refractivity contribution in [1.82, 2.24) is 9.13 Å². The second-order valence-corrected chi connectivity index (χ2v) is 5.26. The molecule has 5 nitrogen and oxygen atoms in total. The van der Waals surface area contributed by atoms with Gasteiger partial charge in [-0.25, -0.2) is 4.79 Å². The van der Waals surface area contributed by atoms with Crippen molar-refractivity contribution in [3.8, 4) is 0 Å². The van der Waals surface area contributed by atoms with Gasteiger partial charge in [0.1, 0.15) is 6.23 Å². The van der Waals surface area contributed by atoms with Gasteiger partial charge in [0.05, 0.1) is 5.60 Å². The molecule has 0 radical (unpaired) electrons. The lowest BCUT2D eigenvalue weighted by molar-refractivity contribution is -0.0438. The Morgan fingerprint density at radius 3 is 2.56 bits per heavy atom. The Kier molecular flexibility index (Phi) is 2.81. The second kappa shape index (κ2) is 3.95. The zero-order valence-electron chi connectivity index (χ0n) is 11.2. The van der Waals surface area contributed by atoms with Gasteiger partial charge in [-0.05, 0) is 26.3 Å². The standard InChI is InChI=1S/C13H18N2O3/c1-8-7-15(12(17)14(5)11(8)16)10-6-9(2)13(3,4)18-10/h7,10H,2,6H2,1,3-5H3. The first-order valence-corrected chi connectivity index (χ1v) is 5.89. The molecule has 0 saturated carbocycles. The summed E-state index contributed by atoms with van der Waals surface area (Å²) in [6.07, 6.45) is 1.76. The number of hydrogen-bond acceptors (Lipinski definition) is 3. The molecule has 18 heavy (non-hydrogen) atoms. The van der Waals surface area contributed by atoms with Gasteiger partial charge in [0.2, 0.25) is 0 Å². The number of nitrogens with zero attached hydrogens (tertiary/aromatic N) is 2. The van der Waals surface area contributed by atoms with Gasteiger partial charge in [0.25, 0.3) is 5.56 Å². The summed E-state index contributed by atoms with van der Waals surface area (Å²) in [5.41, 5.74) is 0.405. The summed E-state index contributed by atoms with van der Waals surface area (Å²) in [4.78, 5) is 23.7. The molecule has 2 heterocycles. The molecule has 0 bridgehead atoms. The number of hydrogen-bond donors (Lipinski definition) is 0. The van der Waals surface area contributed by atoms with E-state index in [1.165, 1.54) is 11.6 Å². The van der Waals surface area contributed by atoms with E-state index < -0.39 is 5.60 Å². The summed E-state index contributed by atoms with van der Waals surface area (Å²) in [6, 6.07) is 0. The van der Waals surface area contributed by atoms with E-state index in [0.29, 0.717) is 12.0 Å². The Bertz CT molecular complexity index is 622. The third-order valence-corrected chi connectivity index (χ3v) is 3.50. The van der Waals surface area contributed by atoms with Crippen LogP contribution in [0.1, 0.15) is 32.1 Å². The van der Waals surface area contributed by atoms with E-state index in [1.54, 1.807) is 13.1 Å². The Labute approximate surface area is 105 Å². The minimum absolute atomic E-state index is 0.271. The normalized spacial score (nSPS) is 22.4. The van der Waals surface area contributed by atoms with Crippen molar-refractivity contribution >= 4 is 0 Å². The predicted octanol–water partition coefficient (Wildman–Crippen LogP) is 1.11. The maximum atomic E-state index is 12.1. The zero-order valence-corrected chi connectivity index (χ0v) is 11.2. The van der Waals surface area contributed by atoms with Gasteiger partial charge < -0.3 is 4.74 Å². The maximum absolute atomic E-state index is 12.1. The molecule has 1 aromatic heterocycles. The highest BCUT2D eigenvalue weighted by Gasteiger charge is 2.36. The molecule has 2 rings (SSSR count). The Morgan fingerprint density at radius 1 is 1.44 bits per heavy atom. The molecule has 98 valence electrons. The van der Waals surface area contributed by atoms with Gasteiger partial charge in [-0.3, -0.25) is 13.9 Å². The van der Waals surface area contributed by atoms with Crippen molar-refractivity contribution in [2.75, 3.05) is 0 Å². The summed E-state index contributed by atoms with van der Waals surface area (Å²) in [5, 5.41) is 0. The van der Waals surface area contributed by atoms with Crippen molar-refractivity contribution in [1.29, 1.82) is 0 Å². The molecule has 1 saturated heterocycles. The molecular weight excluding hydrogens is 232 g/mol. The van der Waals surface area contributed by atoms with Crippen molar-refractivity contribution in [2.45, 2.75) is 39.0 Å². The van der Waals surface area contributed by atoms with Crippen LogP contribution in [0.25, 0.3) is 0 Å². The number of rotatable bonds is 1. The van der Waals surface area contributed by atoms with Crippen LogP contribution in [-0.2, 0) is 11.8 Å². The molecule has 0 aliphatic carbocycles. The fourth-order valence-electron chi connectivity index (χ4n) is 2.13. The van der Waals surface area contributed by atoms with Gasteiger partial charge in [-0.2, -0.15) is 0 Å². The van der Waals surface area contributed by atoms with Crippen LogP contribution in [-0.4, -0.2) is 14.7 Å². The molecule has 0 N–H and O–H groups in total. The maximum Gasteiger partial charge on any atom is 0.332 e. The first-order chi connectivity index (χ1) is 8.24. The highest BCUT2D eigenvalue weighted by molar-refractivity contribution is 5.15. The smallest absolute Gasteiger partial charge is 0.332 e. The van der Waals surface area contributed by atoms with Gasteiger partial charge in [-0.1, -0.05) is 6.58 Å². The molecule has 1 fully saturated rings. The Hall–Kier alpha value is -1.62. The van der Waals surface area contributed by atoms with Crippen LogP contribution in [0, 0.1) is 6.92 Å². The third-order valence-electron chi connectivity index (χ3n) is 3.50. The average Bonchev–Trinajstić information content (AvgIpc) is 2.55. The molecule has 1 aliphatic rings. The average molecular weight is 250 g/mol. The summed E-state index contributed by atoms with van der Waals surface area (Å²) in [6.45, 7) is 9.51. The lowest BCUT2D eigenvalue weighted by Gasteiger charge is -2.21. The van der Waals surface area contributed by atoms with Crippen LogP contribution in [0.4, 0.5) is 0 Å². The second-order valence-electron chi connectivity index (χ2n) is 5.26. The predicted molar refractivity (Wildman–Crippen MR) is 68.6 cm³/mol. The van der Waals surface area contributed by atoms with Crippen molar-refractivity contribution < 1.29 is 4.74 Å². The fraction of sp³-hybridized carbons (Fsp3) is 0.538. The minimum Gasteiger partial charge on any atom is -0.347 e. The van der Waals surface area contributed by atoms with E-state index >= 15 is 0 Å². The SMILES string of the molecule is C=C1CC(n2cc(C)c(=O)n(C)c2=O)OC1(C)C. The van der Waals surface area contributed by atoms with Crippen molar-refractivity contribution in [3.63, 3.8) is 0 Å². The molecule has 1 atom stereocenters. The quantitative estimate of drug-likeness (QED) is 0.702. The van der Waals surface area contributed by atoms with Crippen LogP contribution >= 0.6 is 0 Å². The first kappa shape index (κ1) is 12.8. The number of aryl methyl sites for hydroxylation is 1. The largest absolute Gasteiger partial charge is 0.347 e. The summed E-state index contributed by atoms with van der Waals surface area (Å²) >= 11 is 0. The van der Waals surface area contributed by atoms with Crippen molar-refractivity contribution in [2.24, 2.45) is 7.05 Å². The van der Waals surface area contributed by atoms with Crippen LogP contribution in [0.2, 0.25) is 0 Å². The van der Waals surface area contributed by atoms with Crippen molar-refractivity contribution in [3.05, 3.63) is 44.8 Å². The van der Waals surface area contributed by atoms with E-state index in [1.807, 2.05) is 13.8 Å². The van der Waals surface area contributed by atoms with E-state index in [0.717, 1.165) is 10.1 Å². The highest BCUT2D eigenvalue weighted by atomic mass is 16.5. The summed E-state index contributed by atoms with van der Waals surface area (Å²) in [7, 11) is 1.48. The van der Waals surface area contributed by atoms with Crippen LogP contribution in [0.3, 0.4) is 0 Å². The molecule has 1 aromatic rings. The first-order valence-electron chi connectivity index (χ1n) is 5.89. The van der Waals surface area contributed by atoms with Gasteiger partial charge in [0.15, 0.2) is 0 Å². The van der Waals surface area contributed by atoms with Gasteiger partial charge in [-0.15, -0.1) is 0 Å². The third kappa shape index (κ3) is 1.84. The number of ether oxygens (including phenoxy) is 1. The van der Waals surface area contributed by atoms with Gasteiger partial charge >= 0.3 is 5.69 Å². The molecule has 0 aromatic carbocycles. The summed E-state index contributed by atoms with van der Waals surface area (Å²) < 4.78 is 8.40. The van der Waals surface area contributed by atoms with Crippen LogP contribution in [0.15, 0.2) is 27.9 Å². The van der Waals surface area contributed by atoms with Crippen LogP contribution in [0.5, 0.6) is 0 Å². The van der Waals surface area contributed by atoms with E-state index in [2.05, 4.69) is 6.58 Å². The van der Waals surface area contributed by atoms with Crippen LogP contribution < -0.4 is 11.2 Å². The Morgan fingerprint density at radius 2 is 2.06 bits per heavy atom. The molecular formula is C13H18N2O3. The lowest BCUT2D eigenvalue weighted by Crippen LogP contribution is -2.40. The molecule has 0 spiro atoms. The number of aromatic nitrogens is 2. The molecule has 0 amide bonds. The lowest BCUT2D eigenvalue weighted by atomic mass is 10.0. The van der Waals surface area contributed by atoms with E-state index in [9.17, 15) is 9.59 Å². The molecule has 1 aliphatic heterocycles. The summed E-state index contributed by atoms with van der Waals surface area (Å²) in [5.74, 6) is 0. The molecule has 1 unspecified atom stereocenters. The minimum atomic E-state index is -0.438. The monoisotopic (exact) mass is 250 g/mol. The van der Waals surface area contributed by atoms with Gasteiger partial charge in [0, 0.05) is 25.2 Å². The highest BCUT2D eigenvalue weighted by Crippen LogP contribution is 2.38. The zero-order chi connectivity index (χ0) is 13.7. The van der Waals surface area contributed by atoms with E-state index in [-0.39, 0.29) is 17.5 Å². The van der Waals surface area contributed by atoms with E-state index in [4.69, 9.17) is 4.74 Å².